The highest BCUT2D eigenvalue weighted by Crippen LogP contribution is 2.39. The van der Waals surface area contributed by atoms with Crippen molar-refractivity contribution in [3.63, 3.8) is 0 Å². The Morgan fingerprint density at radius 2 is 2.57 bits per heavy atom. The number of rotatable bonds is 1. The van der Waals surface area contributed by atoms with E-state index in [1.165, 1.54) is 6.42 Å². The van der Waals surface area contributed by atoms with Crippen LogP contribution in [0.1, 0.15) is 19.8 Å². The Kier molecular flexibility index (Phi) is 1.02. The topological polar surface area (TPSA) is 23.8 Å². The monoisotopic (exact) mass is 95.1 g/mol. The zero-order chi connectivity index (χ0) is 5.28. The highest BCUT2D eigenvalue weighted by molar-refractivity contribution is 5.00. The normalized spacial score (nSPS) is 37.1. The molecule has 1 aliphatic carbocycles. The van der Waals surface area contributed by atoms with E-state index in [9.17, 15) is 0 Å². The molecule has 1 saturated carbocycles. The van der Waals surface area contributed by atoms with E-state index < -0.39 is 0 Å². The summed E-state index contributed by atoms with van der Waals surface area (Å²) in [5.41, 5.74) is 0. The molecule has 0 radical (unpaired) electrons. The quantitative estimate of drug-likeness (QED) is 0.484. The minimum atomic E-state index is 0.421. The zero-order valence-corrected chi connectivity index (χ0v) is 4.52. The molecule has 1 heteroatoms. The average Bonchev–Trinajstić information content (AvgIpc) is 2.43. The van der Waals surface area contributed by atoms with Crippen LogP contribution in [0.2, 0.25) is 0 Å². The number of hydrogen-bond acceptors (Lipinski definition) is 1. The van der Waals surface area contributed by atoms with E-state index in [-0.39, 0.29) is 0 Å². The van der Waals surface area contributed by atoms with Gasteiger partial charge in [-0.3, -0.25) is 0 Å². The van der Waals surface area contributed by atoms with E-state index in [2.05, 4.69) is 13.0 Å². The minimum absolute atomic E-state index is 0.421. The number of hydrogen-bond donors (Lipinski definition) is 0. The molecule has 7 heavy (non-hydrogen) atoms. The van der Waals surface area contributed by atoms with Gasteiger partial charge in [0.15, 0.2) is 0 Å². The van der Waals surface area contributed by atoms with E-state index in [1.807, 2.05) is 0 Å². The van der Waals surface area contributed by atoms with Gasteiger partial charge in [-0.2, -0.15) is 5.26 Å². The maximum atomic E-state index is 8.26. The van der Waals surface area contributed by atoms with Crippen LogP contribution in [0, 0.1) is 23.2 Å². The third-order valence-corrected chi connectivity index (χ3v) is 1.61. The highest BCUT2D eigenvalue weighted by Gasteiger charge is 2.34. The Bertz CT molecular complexity index is 101. The molecule has 0 spiro atoms. The first-order valence-corrected chi connectivity index (χ1v) is 2.78. The van der Waals surface area contributed by atoms with Gasteiger partial charge in [0.1, 0.15) is 0 Å². The van der Waals surface area contributed by atoms with Crippen LogP contribution in [0.5, 0.6) is 0 Å². The molecule has 0 amide bonds. The van der Waals surface area contributed by atoms with E-state index >= 15 is 0 Å². The Balaban J connectivity index is 2.21. The van der Waals surface area contributed by atoms with Crippen LogP contribution in [0.15, 0.2) is 0 Å². The van der Waals surface area contributed by atoms with Gasteiger partial charge in [-0.05, 0) is 12.3 Å². The Hall–Kier alpha value is -0.510. The van der Waals surface area contributed by atoms with E-state index in [0.29, 0.717) is 5.92 Å². The summed E-state index contributed by atoms with van der Waals surface area (Å²) in [5, 5.41) is 8.26. The molecule has 0 unspecified atom stereocenters. The van der Waals surface area contributed by atoms with Gasteiger partial charge in [0.2, 0.25) is 0 Å². The van der Waals surface area contributed by atoms with Crippen molar-refractivity contribution in [2.45, 2.75) is 19.8 Å². The van der Waals surface area contributed by atoms with Gasteiger partial charge < -0.3 is 0 Å². The van der Waals surface area contributed by atoms with Crippen molar-refractivity contribution in [3.8, 4) is 6.07 Å². The summed E-state index contributed by atoms with van der Waals surface area (Å²) in [6.45, 7) is 2.14. The second-order valence-electron chi connectivity index (χ2n) is 2.14. The van der Waals surface area contributed by atoms with Crippen LogP contribution >= 0.6 is 0 Å². The van der Waals surface area contributed by atoms with Crippen molar-refractivity contribution in [1.29, 1.82) is 5.26 Å². The van der Waals surface area contributed by atoms with Crippen molar-refractivity contribution in [2.24, 2.45) is 11.8 Å². The molecule has 1 fully saturated rings. The van der Waals surface area contributed by atoms with Crippen LogP contribution in [0.4, 0.5) is 0 Å². The van der Waals surface area contributed by atoms with Gasteiger partial charge >= 0.3 is 0 Å². The zero-order valence-electron chi connectivity index (χ0n) is 4.52. The molecule has 1 rings (SSSR count). The lowest BCUT2D eigenvalue weighted by Gasteiger charge is -1.77. The highest BCUT2D eigenvalue weighted by atomic mass is 14.4. The van der Waals surface area contributed by atoms with Crippen molar-refractivity contribution in [3.05, 3.63) is 0 Å². The van der Waals surface area contributed by atoms with Gasteiger partial charge in [-0.1, -0.05) is 13.3 Å². The molecule has 0 aromatic carbocycles. The van der Waals surface area contributed by atoms with Crippen molar-refractivity contribution in [1.82, 2.24) is 0 Å². The van der Waals surface area contributed by atoms with Gasteiger partial charge in [0.05, 0.1) is 6.07 Å². The molecular formula is C6H9N. The summed E-state index contributed by atoms with van der Waals surface area (Å²) in [4.78, 5) is 0. The van der Waals surface area contributed by atoms with Gasteiger partial charge in [-0.25, -0.2) is 0 Å². The molecule has 0 saturated heterocycles. The summed E-state index contributed by atoms with van der Waals surface area (Å²) in [6, 6.07) is 2.24. The molecule has 0 heterocycles. The summed E-state index contributed by atoms with van der Waals surface area (Å²) in [7, 11) is 0. The number of nitriles is 1. The second kappa shape index (κ2) is 1.54. The van der Waals surface area contributed by atoms with Crippen LogP contribution in [0.25, 0.3) is 0 Å². The maximum Gasteiger partial charge on any atom is 0.0658 e. The first-order valence-electron chi connectivity index (χ1n) is 2.78. The maximum absolute atomic E-state index is 8.26. The summed E-state index contributed by atoms with van der Waals surface area (Å²) in [5.74, 6) is 1.18. The summed E-state index contributed by atoms with van der Waals surface area (Å²) >= 11 is 0. The lowest BCUT2D eigenvalue weighted by Crippen LogP contribution is -1.71. The van der Waals surface area contributed by atoms with Crippen LogP contribution in [-0.2, 0) is 0 Å². The smallest absolute Gasteiger partial charge is 0.0658 e. The molecule has 0 N–H and O–H groups in total. The molecule has 38 valence electrons. The Morgan fingerprint density at radius 3 is 2.71 bits per heavy atom. The average molecular weight is 95.1 g/mol. The Morgan fingerprint density at radius 1 is 1.86 bits per heavy atom. The predicted molar refractivity (Wildman–Crippen MR) is 27.5 cm³/mol. The molecule has 0 bridgehead atoms. The lowest BCUT2D eigenvalue weighted by atomic mass is 10.3. The number of nitrogens with zero attached hydrogens (tertiary/aromatic N) is 1. The fraction of sp³-hybridized carbons (Fsp3) is 0.833. The molecule has 0 aromatic rings. The molecule has 0 aromatic heterocycles. The van der Waals surface area contributed by atoms with Crippen LogP contribution in [0.3, 0.4) is 0 Å². The predicted octanol–water partition coefficient (Wildman–Crippen LogP) is 1.56. The van der Waals surface area contributed by atoms with E-state index in [0.717, 1.165) is 12.3 Å². The molecule has 1 nitrogen and oxygen atoms in total. The van der Waals surface area contributed by atoms with Crippen molar-refractivity contribution in [2.75, 3.05) is 0 Å². The van der Waals surface area contributed by atoms with E-state index in [1.54, 1.807) is 0 Å². The third kappa shape index (κ3) is 0.742. The molecule has 0 aliphatic heterocycles. The van der Waals surface area contributed by atoms with Gasteiger partial charge in [0.25, 0.3) is 0 Å². The van der Waals surface area contributed by atoms with Crippen LogP contribution in [-0.4, -0.2) is 0 Å². The fourth-order valence-corrected chi connectivity index (χ4v) is 0.857. The standard InChI is InChI=1S/C6H9N/c1-2-5-3-6(5)4-7/h5-6H,2-3H2,1H3/t5-,6+/m1/s1. The van der Waals surface area contributed by atoms with Gasteiger partial charge in [-0.15, -0.1) is 0 Å². The minimum Gasteiger partial charge on any atom is -0.198 e. The summed E-state index contributed by atoms with van der Waals surface area (Å²) < 4.78 is 0. The Labute approximate surface area is 44.0 Å². The first kappa shape index (κ1) is 4.64. The largest absolute Gasteiger partial charge is 0.198 e. The van der Waals surface area contributed by atoms with Crippen molar-refractivity contribution >= 4 is 0 Å². The van der Waals surface area contributed by atoms with Gasteiger partial charge in [0, 0.05) is 5.92 Å². The molecule has 1 aliphatic rings. The fourth-order valence-electron chi connectivity index (χ4n) is 0.857. The van der Waals surface area contributed by atoms with Crippen LogP contribution < -0.4 is 0 Å². The third-order valence-electron chi connectivity index (χ3n) is 1.61. The molecule has 2 atom stereocenters. The summed E-state index contributed by atoms with van der Waals surface area (Å²) in [6.07, 6.45) is 2.35. The lowest BCUT2D eigenvalue weighted by molar-refractivity contribution is 0.760. The molecular weight excluding hydrogens is 86.1 g/mol. The SMILES string of the molecule is CC[C@@H]1C[C@H]1C#N. The van der Waals surface area contributed by atoms with E-state index in [4.69, 9.17) is 5.26 Å². The second-order valence-corrected chi connectivity index (χ2v) is 2.14. The first-order chi connectivity index (χ1) is 3.38. The van der Waals surface area contributed by atoms with Crippen molar-refractivity contribution < 1.29 is 0 Å².